The summed E-state index contributed by atoms with van der Waals surface area (Å²) in [4.78, 5) is 41.4. The first kappa shape index (κ1) is 17.5. The summed E-state index contributed by atoms with van der Waals surface area (Å²) in [5.74, 6) is -1.82. The molecule has 2 heterocycles. The second kappa shape index (κ2) is 6.06. The quantitative estimate of drug-likeness (QED) is 0.861. The van der Waals surface area contributed by atoms with Crippen LogP contribution in [-0.4, -0.2) is 35.3 Å². The molecule has 0 aromatic heterocycles. The number of carbonyl (C=O) groups is 3. The molecule has 1 saturated heterocycles. The van der Waals surface area contributed by atoms with Gasteiger partial charge in [-0.2, -0.15) is 0 Å². The van der Waals surface area contributed by atoms with Gasteiger partial charge in [-0.05, 0) is 30.3 Å². The molecule has 2 aromatic rings. The molecule has 0 radical (unpaired) electrons. The van der Waals surface area contributed by atoms with Gasteiger partial charge in [0.2, 0.25) is 11.6 Å². The molecule has 138 valence electrons. The van der Waals surface area contributed by atoms with Crippen LogP contribution in [0.1, 0.15) is 23.2 Å². The van der Waals surface area contributed by atoms with Crippen LogP contribution in [0, 0.1) is 5.82 Å². The number of nitrogens with one attached hydrogen (secondary N) is 1. The van der Waals surface area contributed by atoms with Crippen LogP contribution in [0.5, 0.6) is 0 Å². The Morgan fingerprint density at radius 1 is 1.22 bits per heavy atom. The van der Waals surface area contributed by atoms with Crippen LogP contribution >= 0.6 is 11.6 Å². The lowest BCUT2D eigenvalue weighted by molar-refractivity contribution is -0.128. The molecule has 1 unspecified atom stereocenters. The fraction of sp³-hybridized carbons (Fsp3) is 0.211. The fourth-order valence-corrected chi connectivity index (χ4v) is 4.02. The van der Waals surface area contributed by atoms with E-state index < -0.39 is 23.3 Å². The number of halogens is 2. The van der Waals surface area contributed by atoms with Crippen molar-refractivity contribution in [2.45, 2.75) is 18.5 Å². The Kier molecular flexibility index (Phi) is 3.92. The molecule has 1 N–H and O–H groups in total. The normalized spacial score (nSPS) is 21.1. The lowest BCUT2D eigenvalue weighted by atomic mass is 9.96. The molecule has 0 spiro atoms. The molecule has 4 rings (SSSR count). The average molecular weight is 388 g/mol. The first-order chi connectivity index (χ1) is 12.9. The summed E-state index contributed by atoms with van der Waals surface area (Å²) in [5.41, 5.74) is -0.793. The van der Waals surface area contributed by atoms with Crippen LogP contribution in [0.3, 0.4) is 0 Å². The predicted molar refractivity (Wildman–Crippen MR) is 98.0 cm³/mol. The van der Waals surface area contributed by atoms with Crippen LogP contribution in [0.25, 0.3) is 0 Å². The third-order valence-electron chi connectivity index (χ3n) is 5.06. The molecular formula is C19H15ClFN3O3. The highest BCUT2D eigenvalue weighted by atomic mass is 35.5. The van der Waals surface area contributed by atoms with E-state index in [9.17, 15) is 18.8 Å². The molecule has 0 saturated carbocycles. The van der Waals surface area contributed by atoms with Crippen LogP contribution < -0.4 is 10.2 Å². The Morgan fingerprint density at radius 3 is 2.70 bits per heavy atom. The van der Waals surface area contributed by atoms with Gasteiger partial charge in [0.15, 0.2) is 0 Å². The molecule has 3 amide bonds. The van der Waals surface area contributed by atoms with Crippen molar-refractivity contribution in [2.24, 2.45) is 0 Å². The van der Waals surface area contributed by atoms with Crippen molar-refractivity contribution in [3.63, 3.8) is 0 Å². The number of fused-ring (bicyclic) bond motifs is 3. The third-order valence-corrected chi connectivity index (χ3v) is 5.37. The number of anilines is 2. The van der Waals surface area contributed by atoms with Gasteiger partial charge in [0.25, 0.3) is 11.8 Å². The standard InChI is InChI=1S/C19H15ClFN3O3/c1-23-17(26)16-13(20)6-3-7-14(16)24-15(25)8-9-19(23,24)18(27)22-12-5-2-4-11(21)10-12/h2-7,10H,8-9H2,1H3,(H,22,27). The first-order valence-corrected chi connectivity index (χ1v) is 8.71. The Labute approximate surface area is 159 Å². The molecule has 2 aliphatic heterocycles. The largest absolute Gasteiger partial charge is 0.322 e. The second-order valence-corrected chi connectivity index (χ2v) is 6.92. The summed E-state index contributed by atoms with van der Waals surface area (Å²) < 4.78 is 13.5. The smallest absolute Gasteiger partial charge is 0.271 e. The van der Waals surface area contributed by atoms with Crippen LogP contribution in [0.15, 0.2) is 42.5 Å². The molecule has 0 aliphatic carbocycles. The zero-order valence-corrected chi connectivity index (χ0v) is 15.1. The van der Waals surface area contributed by atoms with Gasteiger partial charge < -0.3 is 10.2 Å². The van der Waals surface area contributed by atoms with Gasteiger partial charge in [0.1, 0.15) is 5.82 Å². The number of likely N-dealkylation sites (N-methyl/N-ethyl adjacent to an activating group) is 1. The van der Waals surface area contributed by atoms with Crippen molar-refractivity contribution < 1.29 is 18.8 Å². The second-order valence-electron chi connectivity index (χ2n) is 6.51. The highest BCUT2D eigenvalue weighted by molar-refractivity contribution is 6.35. The number of benzene rings is 2. The molecular weight excluding hydrogens is 373 g/mol. The van der Waals surface area contributed by atoms with Crippen molar-refractivity contribution in [3.8, 4) is 0 Å². The van der Waals surface area contributed by atoms with Crippen molar-refractivity contribution in [3.05, 3.63) is 58.9 Å². The van der Waals surface area contributed by atoms with E-state index in [0.29, 0.717) is 5.69 Å². The monoisotopic (exact) mass is 387 g/mol. The highest BCUT2D eigenvalue weighted by Crippen LogP contribution is 2.46. The number of amides is 3. The Morgan fingerprint density at radius 2 is 1.96 bits per heavy atom. The minimum atomic E-state index is -1.53. The summed E-state index contributed by atoms with van der Waals surface area (Å²) in [6.07, 6.45) is 0.224. The molecule has 1 fully saturated rings. The van der Waals surface area contributed by atoms with E-state index in [1.807, 2.05) is 0 Å². The van der Waals surface area contributed by atoms with Crippen LogP contribution in [0.4, 0.5) is 15.8 Å². The van der Waals surface area contributed by atoms with Crippen LogP contribution in [0.2, 0.25) is 5.02 Å². The first-order valence-electron chi connectivity index (χ1n) is 8.33. The minimum absolute atomic E-state index is 0.0974. The summed E-state index contributed by atoms with van der Waals surface area (Å²) in [6, 6.07) is 10.2. The highest BCUT2D eigenvalue weighted by Gasteiger charge is 2.60. The maximum atomic E-state index is 13.5. The van der Waals surface area contributed by atoms with E-state index in [1.165, 1.54) is 41.1 Å². The van der Waals surface area contributed by atoms with Gasteiger partial charge in [-0.3, -0.25) is 19.3 Å². The Hall–Kier alpha value is -2.93. The molecule has 0 bridgehead atoms. The van der Waals surface area contributed by atoms with E-state index in [0.717, 1.165) is 0 Å². The van der Waals surface area contributed by atoms with E-state index in [-0.39, 0.29) is 35.0 Å². The fourth-order valence-electron chi connectivity index (χ4n) is 3.77. The van der Waals surface area contributed by atoms with E-state index in [4.69, 9.17) is 11.6 Å². The SMILES string of the molecule is CN1C(=O)c2c(Cl)cccc2N2C(=O)CCC12C(=O)Nc1cccc(F)c1. The summed E-state index contributed by atoms with van der Waals surface area (Å²) in [5, 5.41) is 2.84. The molecule has 2 aromatic carbocycles. The zero-order valence-electron chi connectivity index (χ0n) is 14.3. The van der Waals surface area contributed by atoms with Crippen LogP contribution in [-0.2, 0) is 9.59 Å². The Balaban J connectivity index is 1.84. The van der Waals surface area contributed by atoms with Gasteiger partial charge in [-0.15, -0.1) is 0 Å². The van der Waals surface area contributed by atoms with Crippen molar-refractivity contribution in [2.75, 3.05) is 17.3 Å². The Bertz CT molecular complexity index is 996. The van der Waals surface area contributed by atoms with Gasteiger partial charge in [0, 0.05) is 25.6 Å². The third kappa shape index (κ3) is 2.42. The van der Waals surface area contributed by atoms with E-state index in [2.05, 4.69) is 5.32 Å². The molecule has 6 nitrogen and oxygen atoms in total. The van der Waals surface area contributed by atoms with E-state index >= 15 is 0 Å². The number of rotatable bonds is 2. The summed E-state index contributed by atoms with van der Waals surface area (Å²) in [6.45, 7) is 0. The predicted octanol–water partition coefficient (Wildman–Crippen LogP) is 3.03. The van der Waals surface area contributed by atoms with Crippen molar-refractivity contribution in [1.82, 2.24) is 4.90 Å². The van der Waals surface area contributed by atoms with Gasteiger partial charge >= 0.3 is 0 Å². The maximum Gasteiger partial charge on any atom is 0.271 e. The lowest BCUT2D eigenvalue weighted by Crippen LogP contribution is -2.68. The molecule has 2 aliphatic rings. The molecule has 27 heavy (non-hydrogen) atoms. The number of hydrogen-bond donors (Lipinski definition) is 1. The minimum Gasteiger partial charge on any atom is -0.322 e. The summed E-state index contributed by atoms with van der Waals surface area (Å²) >= 11 is 6.18. The summed E-state index contributed by atoms with van der Waals surface area (Å²) in [7, 11) is 1.46. The lowest BCUT2D eigenvalue weighted by Gasteiger charge is -2.47. The van der Waals surface area contributed by atoms with Gasteiger partial charge in [0.05, 0.1) is 16.3 Å². The van der Waals surface area contributed by atoms with Crippen molar-refractivity contribution in [1.29, 1.82) is 0 Å². The zero-order chi connectivity index (χ0) is 19.3. The molecule has 8 heteroatoms. The van der Waals surface area contributed by atoms with Gasteiger partial charge in [-0.25, -0.2) is 4.39 Å². The average Bonchev–Trinajstić information content (AvgIpc) is 2.98. The maximum absolute atomic E-state index is 13.5. The number of carbonyl (C=O) groups excluding carboxylic acids is 3. The number of hydrogen-bond acceptors (Lipinski definition) is 3. The van der Waals surface area contributed by atoms with Gasteiger partial charge in [-0.1, -0.05) is 23.7 Å². The van der Waals surface area contributed by atoms with E-state index in [1.54, 1.807) is 18.2 Å². The molecule has 1 atom stereocenters. The topological polar surface area (TPSA) is 69.7 Å². The number of nitrogens with zero attached hydrogens (tertiary/aromatic N) is 2. The van der Waals surface area contributed by atoms with Crippen molar-refractivity contribution >= 4 is 40.7 Å².